The number of anilines is 1. The van der Waals surface area contributed by atoms with E-state index >= 15 is 0 Å². The van der Waals surface area contributed by atoms with Gasteiger partial charge in [-0.15, -0.1) is 0 Å². The molecule has 2 aliphatic heterocycles. The van der Waals surface area contributed by atoms with Crippen LogP contribution in [-0.2, 0) is 14.3 Å². The zero-order chi connectivity index (χ0) is 21.2. The minimum atomic E-state index is 0.127. The number of carbonyl (C=O) groups is 1. The summed E-state index contributed by atoms with van der Waals surface area (Å²) in [6.07, 6.45) is 1.07. The van der Waals surface area contributed by atoms with Gasteiger partial charge in [-0.05, 0) is 18.6 Å². The molecule has 2 saturated heterocycles. The lowest BCUT2D eigenvalue weighted by Gasteiger charge is -2.36. The van der Waals surface area contributed by atoms with Crippen LogP contribution in [0.15, 0.2) is 35.3 Å². The summed E-state index contributed by atoms with van der Waals surface area (Å²) in [6, 6.07) is 10.4. The first kappa shape index (κ1) is 22.4. The van der Waals surface area contributed by atoms with E-state index in [1.54, 1.807) is 14.2 Å². The molecule has 1 aromatic carbocycles. The van der Waals surface area contributed by atoms with Crippen molar-refractivity contribution in [1.29, 1.82) is 0 Å². The van der Waals surface area contributed by atoms with Gasteiger partial charge < -0.3 is 29.5 Å². The average Bonchev–Trinajstić information content (AvgIpc) is 3.26. The van der Waals surface area contributed by atoms with Crippen LogP contribution < -0.4 is 10.2 Å². The molecule has 1 N–H and O–H groups in total. The standard InChI is InChI=1S/C22H35N5O3/c1-23-22(27-9-8-19(17-27)18-30-15-14-29-2)24-16-21(28)26-12-10-25(11-13-26)20-6-4-3-5-7-20/h3-7,19H,8-18H2,1-2H3,(H,23,24). The summed E-state index contributed by atoms with van der Waals surface area (Å²) in [5, 5.41) is 3.26. The Kier molecular flexibility index (Phi) is 8.77. The molecular weight excluding hydrogens is 382 g/mol. The number of piperazine rings is 1. The molecule has 1 atom stereocenters. The summed E-state index contributed by atoms with van der Waals surface area (Å²) in [5.74, 6) is 1.41. The third-order valence-electron chi connectivity index (χ3n) is 5.73. The highest BCUT2D eigenvalue weighted by molar-refractivity contribution is 5.86. The van der Waals surface area contributed by atoms with E-state index in [2.05, 4.69) is 44.4 Å². The van der Waals surface area contributed by atoms with Crippen molar-refractivity contribution >= 4 is 17.6 Å². The van der Waals surface area contributed by atoms with Crippen molar-refractivity contribution in [2.75, 3.05) is 84.7 Å². The molecule has 0 bridgehead atoms. The molecule has 1 aromatic rings. The molecule has 0 aromatic heterocycles. The monoisotopic (exact) mass is 417 g/mol. The van der Waals surface area contributed by atoms with Gasteiger partial charge in [0, 0.05) is 65.0 Å². The van der Waals surface area contributed by atoms with Crippen LogP contribution in [0.5, 0.6) is 0 Å². The number of ether oxygens (including phenoxy) is 2. The van der Waals surface area contributed by atoms with Crippen LogP contribution in [0.4, 0.5) is 5.69 Å². The van der Waals surface area contributed by atoms with Crippen molar-refractivity contribution < 1.29 is 14.3 Å². The zero-order valence-electron chi connectivity index (χ0n) is 18.3. The van der Waals surface area contributed by atoms with E-state index in [0.717, 1.165) is 58.3 Å². The number of benzene rings is 1. The lowest BCUT2D eigenvalue weighted by molar-refractivity contribution is -0.130. The van der Waals surface area contributed by atoms with Crippen molar-refractivity contribution in [2.45, 2.75) is 6.42 Å². The number of aliphatic imine (C=N–C) groups is 1. The summed E-state index contributed by atoms with van der Waals surface area (Å²) in [5.41, 5.74) is 1.22. The van der Waals surface area contributed by atoms with E-state index in [0.29, 0.717) is 19.1 Å². The number of rotatable bonds is 8. The number of para-hydroxylation sites is 1. The van der Waals surface area contributed by atoms with E-state index in [-0.39, 0.29) is 12.5 Å². The number of nitrogens with zero attached hydrogens (tertiary/aromatic N) is 4. The number of hydrogen-bond acceptors (Lipinski definition) is 5. The second-order valence-corrected chi connectivity index (χ2v) is 7.77. The van der Waals surface area contributed by atoms with E-state index in [9.17, 15) is 4.79 Å². The van der Waals surface area contributed by atoms with Gasteiger partial charge in [0.1, 0.15) is 0 Å². The molecule has 2 aliphatic rings. The minimum Gasteiger partial charge on any atom is -0.382 e. The van der Waals surface area contributed by atoms with Crippen LogP contribution in [0.3, 0.4) is 0 Å². The van der Waals surface area contributed by atoms with E-state index in [1.807, 2.05) is 11.0 Å². The average molecular weight is 418 g/mol. The van der Waals surface area contributed by atoms with Gasteiger partial charge in [-0.2, -0.15) is 0 Å². The number of methoxy groups -OCH3 is 1. The molecule has 1 unspecified atom stereocenters. The summed E-state index contributed by atoms with van der Waals surface area (Å²) in [4.78, 5) is 23.5. The van der Waals surface area contributed by atoms with E-state index < -0.39 is 0 Å². The Labute approximate surface area is 179 Å². The van der Waals surface area contributed by atoms with Crippen LogP contribution in [0, 0.1) is 5.92 Å². The molecule has 0 saturated carbocycles. The van der Waals surface area contributed by atoms with E-state index in [1.165, 1.54) is 5.69 Å². The maximum Gasteiger partial charge on any atom is 0.242 e. The highest BCUT2D eigenvalue weighted by atomic mass is 16.5. The van der Waals surface area contributed by atoms with Crippen molar-refractivity contribution in [1.82, 2.24) is 15.1 Å². The predicted molar refractivity (Wildman–Crippen MR) is 119 cm³/mol. The topological polar surface area (TPSA) is 69.6 Å². The van der Waals surface area contributed by atoms with Crippen LogP contribution in [0.2, 0.25) is 0 Å². The summed E-state index contributed by atoms with van der Waals surface area (Å²) < 4.78 is 10.7. The number of guanidine groups is 1. The molecule has 0 aliphatic carbocycles. The summed E-state index contributed by atoms with van der Waals surface area (Å²) in [7, 11) is 3.45. The predicted octanol–water partition coefficient (Wildman–Crippen LogP) is 0.896. The summed E-state index contributed by atoms with van der Waals surface area (Å²) >= 11 is 0. The first-order valence-corrected chi connectivity index (χ1v) is 10.8. The molecular formula is C22H35N5O3. The molecule has 1 amide bonds. The molecule has 30 heavy (non-hydrogen) atoms. The quantitative estimate of drug-likeness (QED) is 0.385. The highest BCUT2D eigenvalue weighted by Gasteiger charge is 2.26. The molecule has 3 rings (SSSR count). The minimum absolute atomic E-state index is 0.127. The lowest BCUT2D eigenvalue weighted by atomic mass is 10.1. The van der Waals surface area contributed by atoms with Crippen molar-refractivity contribution in [3.63, 3.8) is 0 Å². The number of likely N-dealkylation sites (tertiary alicyclic amines) is 1. The first-order valence-electron chi connectivity index (χ1n) is 10.8. The normalized spacial score (nSPS) is 20.0. The second-order valence-electron chi connectivity index (χ2n) is 7.77. The van der Waals surface area contributed by atoms with Crippen molar-refractivity contribution in [3.8, 4) is 0 Å². The zero-order valence-corrected chi connectivity index (χ0v) is 18.3. The molecule has 0 radical (unpaired) electrons. The van der Waals surface area contributed by atoms with Crippen molar-refractivity contribution in [2.24, 2.45) is 10.9 Å². The molecule has 2 fully saturated rings. The van der Waals surface area contributed by atoms with Crippen LogP contribution >= 0.6 is 0 Å². The van der Waals surface area contributed by atoms with Gasteiger partial charge in [-0.3, -0.25) is 9.79 Å². The van der Waals surface area contributed by atoms with Gasteiger partial charge >= 0.3 is 0 Å². The third-order valence-corrected chi connectivity index (χ3v) is 5.73. The molecule has 8 heteroatoms. The number of amides is 1. The Bertz CT molecular complexity index is 677. The number of hydrogen-bond donors (Lipinski definition) is 1. The molecule has 2 heterocycles. The SMILES string of the molecule is CN=C(NCC(=O)N1CCN(c2ccccc2)CC1)N1CCC(COCCOC)C1. The maximum atomic E-state index is 12.7. The van der Waals surface area contributed by atoms with Crippen LogP contribution in [0.25, 0.3) is 0 Å². The maximum absolute atomic E-state index is 12.7. The Balaban J connectivity index is 1.37. The fourth-order valence-electron chi connectivity index (χ4n) is 4.00. The van der Waals surface area contributed by atoms with Gasteiger partial charge in [-0.25, -0.2) is 0 Å². The molecule has 8 nitrogen and oxygen atoms in total. The fraction of sp³-hybridized carbons (Fsp3) is 0.636. The smallest absolute Gasteiger partial charge is 0.242 e. The molecule has 0 spiro atoms. The lowest BCUT2D eigenvalue weighted by Crippen LogP contribution is -2.52. The van der Waals surface area contributed by atoms with Gasteiger partial charge in [0.15, 0.2) is 5.96 Å². The second kappa shape index (κ2) is 11.8. The highest BCUT2D eigenvalue weighted by Crippen LogP contribution is 2.17. The Morgan fingerprint density at radius 1 is 1.10 bits per heavy atom. The van der Waals surface area contributed by atoms with Crippen LogP contribution in [-0.4, -0.2) is 101 Å². The Morgan fingerprint density at radius 3 is 2.57 bits per heavy atom. The number of nitrogens with one attached hydrogen (secondary N) is 1. The Hall–Kier alpha value is -2.32. The van der Waals surface area contributed by atoms with Gasteiger partial charge in [0.25, 0.3) is 0 Å². The Morgan fingerprint density at radius 2 is 1.87 bits per heavy atom. The van der Waals surface area contributed by atoms with Gasteiger partial charge in [0.05, 0.1) is 26.4 Å². The molecule has 166 valence electrons. The van der Waals surface area contributed by atoms with Gasteiger partial charge in [0.2, 0.25) is 5.91 Å². The summed E-state index contributed by atoms with van der Waals surface area (Å²) in [6.45, 7) is 7.33. The van der Waals surface area contributed by atoms with E-state index in [4.69, 9.17) is 9.47 Å². The number of carbonyl (C=O) groups excluding carboxylic acids is 1. The third kappa shape index (κ3) is 6.34. The van der Waals surface area contributed by atoms with Crippen molar-refractivity contribution in [3.05, 3.63) is 30.3 Å². The fourth-order valence-corrected chi connectivity index (χ4v) is 4.00. The van der Waals surface area contributed by atoms with Crippen LogP contribution in [0.1, 0.15) is 6.42 Å². The first-order chi connectivity index (χ1) is 14.7. The largest absolute Gasteiger partial charge is 0.382 e. The van der Waals surface area contributed by atoms with Gasteiger partial charge in [-0.1, -0.05) is 18.2 Å².